The minimum absolute atomic E-state index is 0.304. The lowest BCUT2D eigenvalue weighted by Crippen LogP contribution is -2.37. The van der Waals surface area contributed by atoms with Crippen molar-refractivity contribution in [2.24, 2.45) is 0 Å². The summed E-state index contributed by atoms with van der Waals surface area (Å²) in [5.74, 6) is 3.39. The van der Waals surface area contributed by atoms with Crippen LogP contribution in [0.25, 0.3) is 33.6 Å². The number of H-pyrrole nitrogens is 1. The molecule has 1 saturated heterocycles. The molecule has 0 saturated carbocycles. The summed E-state index contributed by atoms with van der Waals surface area (Å²) in [6.45, 7) is 8.66. The van der Waals surface area contributed by atoms with E-state index in [2.05, 4.69) is 63.5 Å². The summed E-state index contributed by atoms with van der Waals surface area (Å²) in [6, 6.07) is 12.4. The lowest BCUT2D eigenvalue weighted by Gasteiger charge is -2.30. The van der Waals surface area contributed by atoms with E-state index >= 15 is 0 Å². The molecule has 0 bridgehead atoms. The Balaban J connectivity index is 1.43. The van der Waals surface area contributed by atoms with Gasteiger partial charge in [-0.3, -0.25) is 0 Å². The van der Waals surface area contributed by atoms with E-state index in [9.17, 15) is 0 Å². The summed E-state index contributed by atoms with van der Waals surface area (Å²) in [6.07, 6.45) is 2.10. The molecule has 5 rings (SSSR count). The molecule has 2 N–H and O–H groups in total. The number of aromatic nitrogens is 3. The molecule has 1 aliphatic rings. The first-order valence-electron chi connectivity index (χ1n) is 13.1. The average Bonchev–Trinajstić information content (AvgIpc) is 3.57. The third kappa shape index (κ3) is 5.08. The quantitative estimate of drug-likeness (QED) is 0.315. The summed E-state index contributed by atoms with van der Waals surface area (Å²) in [7, 11) is 5.31. The number of aromatic amines is 1. The fourth-order valence-corrected chi connectivity index (χ4v) is 5.35. The maximum atomic E-state index is 6.23. The second kappa shape index (κ2) is 10.9. The van der Waals surface area contributed by atoms with Crippen LogP contribution in [0.5, 0.6) is 11.5 Å². The Labute approximate surface area is 218 Å². The molecule has 2 aromatic heterocycles. The van der Waals surface area contributed by atoms with Gasteiger partial charge >= 0.3 is 0 Å². The van der Waals surface area contributed by atoms with Crippen LogP contribution in [0.3, 0.4) is 0 Å². The van der Waals surface area contributed by atoms with Gasteiger partial charge in [0.15, 0.2) is 11.5 Å². The van der Waals surface area contributed by atoms with Gasteiger partial charge in [-0.15, -0.1) is 10.2 Å². The maximum absolute atomic E-state index is 6.23. The Kier molecular flexibility index (Phi) is 7.48. The fraction of sp³-hybridized carbons (Fsp3) is 0.448. The van der Waals surface area contributed by atoms with Crippen LogP contribution in [0.1, 0.15) is 50.0 Å². The second-order valence-corrected chi connectivity index (χ2v) is 10.1. The number of fused-ring (bicyclic) bond motifs is 1. The number of nitrogens with one attached hydrogen (secondary N) is 2. The smallest absolute Gasteiger partial charge is 0.247 e. The first-order chi connectivity index (χ1) is 18.0. The van der Waals surface area contributed by atoms with Crippen molar-refractivity contribution >= 4 is 10.9 Å². The predicted octanol–water partition coefficient (Wildman–Crippen LogP) is 5.42. The van der Waals surface area contributed by atoms with Gasteiger partial charge in [0, 0.05) is 41.0 Å². The number of methoxy groups -OCH3 is 2. The number of ether oxygens (including phenoxy) is 2. The molecule has 0 spiro atoms. The molecule has 1 aliphatic heterocycles. The molecule has 37 heavy (non-hydrogen) atoms. The number of nitrogens with zero attached hydrogens (tertiary/aromatic N) is 3. The van der Waals surface area contributed by atoms with Crippen LogP contribution >= 0.6 is 0 Å². The molecule has 0 aliphatic carbocycles. The van der Waals surface area contributed by atoms with Gasteiger partial charge < -0.3 is 29.1 Å². The van der Waals surface area contributed by atoms with E-state index in [0.717, 1.165) is 72.6 Å². The van der Waals surface area contributed by atoms with Crippen molar-refractivity contribution in [3.8, 4) is 34.2 Å². The summed E-state index contributed by atoms with van der Waals surface area (Å²) in [5.41, 5.74) is 5.40. The van der Waals surface area contributed by atoms with Gasteiger partial charge in [-0.05, 0) is 80.9 Å². The van der Waals surface area contributed by atoms with E-state index < -0.39 is 0 Å². The third-order valence-electron chi connectivity index (χ3n) is 7.39. The zero-order valence-corrected chi connectivity index (χ0v) is 22.4. The molecule has 3 heterocycles. The second-order valence-electron chi connectivity index (χ2n) is 10.1. The predicted molar refractivity (Wildman–Crippen MR) is 147 cm³/mol. The Hall–Kier alpha value is -3.36. The van der Waals surface area contributed by atoms with E-state index in [1.54, 1.807) is 14.2 Å². The highest BCUT2D eigenvalue weighted by molar-refractivity contribution is 5.94. The topological polar surface area (TPSA) is 88.4 Å². The number of rotatable bonds is 9. The van der Waals surface area contributed by atoms with E-state index in [0.29, 0.717) is 29.2 Å². The number of likely N-dealkylation sites (tertiary alicyclic amines) is 1. The lowest BCUT2D eigenvalue weighted by atomic mass is 9.95. The summed E-state index contributed by atoms with van der Waals surface area (Å²) < 4.78 is 17.2. The van der Waals surface area contributed by atoms with Gasteiger partial charge in [-0.1, -0.05) is 13.8 Å². The van der Waals surface area contributed by atoms with Crippen molar-refractivity contribution < 1.29 is 13.9 Å². The summed E-state index contributed by atoms with van der Waals surface area (Å²) >= 11 is 0. The van der Waals surface area contributed by atoms with Gasteiger partial charge in [-0.25, -0.2) is 0 Å². The molecular weight excluding hydrogens is 466 g/mol. The van der Waals surface area contributed by atoms with E-state index in [1.165, 1.54) is 5.56 Å². The van der Waals surface area contributed by atoms with E-state index in [1.807, 2.05) is 19.2 Å². The number of benzene rings is 2. The number of likely N-dealkylation sites (N-methyl/N-ethyl adjacent to an activating group) is 1. The zero-order valence-electron chi connectivity index (χ0n) is 22.4. The van der Waals surface area contributed by atoms with Crippen LogP contribution in [0.4, 0.5) is 0 Å². The first kappa shape index (κ1) is 25.3. The van der Waals surface area contributed by atoms with Crippen LogP contribution in [0.15, 0.2) is 40.8 Å². The molecule has 2 aromatic carbocycles. The number of piperidine rings is 1. The molecule has 0 unspecified atom stereocenters. The van der Waals surface area contributed by atoms with Gasteiger partial charge in [0.2, 0.25) is 11.8 Å². The van der Waals surface area contributed by atoms with Crippen LogP contribution in [0, 0.1) is 0 Å². The van der Waals surface area contributed by atoms with Gasteiger partial charge in [0.25, 0.3) is 0 Å². The Morgan fingerprint density at radius 3 is 2.49 bits per heavy atom. The van der Waals surface area contributed by atoms with Crippen molar-refractivity contribution in [3.63, 3.8) is 0 Å². The van der Waals surface area contributed by atoms with Gasteiger partial charge in [0.1, 0.15) is 0 Å². The third-order valence-corrected chi connectivity index (χ3v) is 7.39. The van der Waals surface area contributed by atoms with Crippen LogP contribution in [-0.4, -0.2) is 67.5 Å². The molecule has 0 amide bonds. The molecule has 8 heteroatoms. The maximum Gasteiger partial charge on any atom is 0.247 e. The number of hydrogen-bond acceptors (Lipinski definition) is 7. The van der Waals surface area contributed by atoms with Crippen LogP contribution in [-0.2, 0) is 0 Å². The highest BCUT2D eigenvalue weighted by Gasteiger charge is 2.25. The first-order valence-corrected chi connectivity index (χ1v) is 13.1. The molecular formula is C29H37N5O3. The zero-order chi connectivity index (χ0) is 25.9. The molecule has 196 valence electrons. The monoisotopic (exact) mass is 503 g/mol. The highest BCUT2D eigenvalue weighted by Crippen LogP contribution is 2.40. The molecule has 0 atom stereocenters. The molecule has 0 radical (unpaired) electrons. The normalized spacial score (nSPS) is 15.1. The van der Waals surface area contributed by atoms with Crippen molar-refractivity contribution in [2.45, 2.75) is 38.5 Å². The van der Waals surface area contributed by atoms with Crippen molar-refractivity contribution in [1.29, 1.82) is 0 Å². The van der Waals surface area contributed by atoms with Gasteiger partial charge in [-0.2, -0.15) is 0 Å². The summed E-state index contributed by atoms with van der Waals surface area (Å²) in [4.78, 5) is 6.13. The molecule has 1 fully saturated rings. The van der Waals surface area contributed by atoms with Crippen molar-refractivity contribution in [1.82, 2.24) is 25.4 Å². The lowest BCUT2D eigenvalue weighted by molar-refractivity contribution is 0.202. The molecule has 8 nitrogen and oxygen atoms in total. The highest BCUT2D eigenvalue weighted by atomic mass is 16.5. The minimum atomic E-state index is 0.304. The van der Waals surface area contributed by atoms with Gasteiger partial charge in [0.05, 0.1) is 19.9 Å². The van der Waals surface area contributed by atoms with Crippen molar-refractivity contribution in [3.05, 3.63) is 47.9 Å². The van der Waals surface area contributed by atoms with E-state index in [4.69, 9.17) is 13.9 Å². The largest absolute Gasteiger partial charge is 0.493 e. The molecule has 4 aromatic rings. The Morgan fingerprint density at radius 2 is 1.78 bits per heavy atom. The Morgan fingerprint density at radius 1 is 1.03 bits per heavy atom. The summed E-state index contributed by atoms with van der Waals surface area (Å²) in [5, 5.41) is 13.3. The van der Waals surface area contributed by atoms with Crippen LogP contribution in [0.2, 0.25) is 0 Å². The van der Waals surface area contributed by atoms with Crippen LogP contribution < -0.4 is 14.8 Å². The SMILES string of the molecule is CNCCN1CCC(c2nnc(-c3ccc4[nH]c(-c5ccc(OC)c(OC)c5)c(C(C)C)c4c3)o2)CC1. The standard InChI is InChI=1S/C29H37N5O3/c1-18(2)26-22-16-21(29-33-32-28(37-29)19-10-13-34(14-11-19)15-12-30-3)6-8-23(22)31-27(26)20-7-9-24(35-4)25(17-20)36-5/h6-9,16-19,30-31H,10-15H2,1-5H3. The number of hydrogen-bond donors (Lipinski definition) is 2. The van der Waals surface area contributed by atoms with E-state index in [-0.39, 0.29) is 0 Å². The Bertz CT molecular complexity index is 1350. The van der Waals surface area contributed by atoms with Crippen molar-refractivity contribution in [2.75, 3.05) is 47.4 Å². The average molecular weight is 504 g/mol. The minimum Gasteiger partial charge on any atom is -0.493 e. The fourth-order valence-electron chi connectivity index (χ4n) is 5.35.